The summed E-state index contributed by atoms with van der Waals surface area (Å²) in [6.45, 7) is 4.57. The van der Waals surface area contributed by atoms with Crippen molar-refractivity contribution in [3.63, 3.8) is 0 Å². The van der Waals surface area contributed by atoms with Crippen LogP contribution >= 0.6 is 27.5 Å². The summed E-state index contributed by atoms with van der Waals surface area (Å²) in [5.74, 6) is 0.108. The quantitative estimate of drug-likeness (QED) is 0.545. The Morgan fingerprint density at radius 3 is 2.59 bits per heavy atom. The number of benzene rings is 2. The van der Waals surface area contributed by atoms with Crippen LogP contribution in [0, 0.1) is 0 Å². The highest BCUT2D eigenvalue weighted by Crippen LogP contribution is 2.28. The maximum atomic E-state index is 12.9. The molecule has 2 rings (SSSR count). The predicted octanol–water partition coefficient (Wildman–Crippen LogP) is 4.47. The molecule has 0 heterocycles. The molecular weight excluding hydrogens is 456 g/mol. The minimum Gasteiger partial charge on any atom is -0.483 e. The van der Waals surface area contributed by atoms with Gasteiger partial charge in [0, 0.05) is 18.1 Å². The third kappa shape index (κ3) is 7.37. The van der Waals surface area contributed by atoms with E-state index < -0.39 is 6.04 Å². The number of carbonyl (C=O) groups excluding carboxylic acids is 2. The SMILES string of the molecule is CCCNC(=O)[C@H](C)N(CCc1ccccc1)C(=O)COc1ccc(Cl)cc1Br. The molecule has 0 aliphatic heterocycles. The van der Waals surface area contributed by atoms with Crippen molar-refractivity contribution in [2.45, 2.75) is 32.7 Å². The van der Waals surface area contributed by atoms with Gasteiger partial charge in [0.15, 0.2) is 6.61 Å². The lowest BCUT2D eigenvalue weighted by Gasteiger charge is -2.28. The van der Waals surface area contributed by atoms with E-state index in [0.717, 1.165) is 12.0 Å². The van der Waals surface area contributed by atoms with Crippen molar-refractivity contribution in [2.24, 2.45) is 0 Å². The second-order valence-electron chi connectivity index (χ2n) is 6.65. The van der Waals surface area contributed by atoms with Gasteiger partial charge in [0.2, 0.25) is 5.91 Å². The van der Waals surface area contributed by atoms with Gasteiger partial charge >= 0.3 is 0 Å². The first-order valence-corrected chi connectivity index (χ1v) is 10.8. The molecule has 5 nitrogen and oxygen atoms in total. The van der Waals surface area contributed by atoms with Crippen LogP contribution in [0.1, 0.15) is 25.8 Å². The first kappa shape index (κ1) is 23.2. The highest BCUT2D eigenvalue weighted by molar-refractivity contribution is 9.10. The van der Waals surface area contributed by atoms with E-state index in [1.807, 2.05) is 37.3 Å². The summed E-state index contributed by atoms with van der Waals surface area (Å²) >= 11 is 9.32. The Balaban J connectivity index is 2.07. The van der Waals surface area contributed by atoms with Crippen LogP contribution in [0.4, 0.5) is 0 Å². The van der Waals surface area contributed by atoms with Gasteiger partial charge in [-0.05, 0) is 59.5 Å². The molecule has 2 aromatic carbocycles. The van der Waals surface area contributed by atoms with Crippen molar-refractivity contribution in [3.8, 4) is 5.75 Å². The van der Waals surface area contributed by atoms with Crippen molar-refractivity contribution in [3.05, 3.63) is 63.6 Å². The molecule has 0 saturated carbocycles. The fourth-order valence-corrected chi connectivity index (χ4v) is 3.58. The standard InChI is InChI=1S/C22H26BrClN2O3/c1-3-12-25-22(28)16(2)26(13-11-17-7-5-4-6-8-17)21(27)15-29-20-10-9-18(24)14-19(20)23/h4-10,14,16H,3,11-13,15H2,1-2H3,(H,25,28)/t16-/m0/s1. The molecule has 0 saturated heterocycles. The molecule has 0 unspecified atom stereocenters. The van der Waals surface area contributed by atoms with Crippen LogP contribution in [0.25, 0.3) is 0 Å². The number of carbonyl (C=O) groups is 2. The fraction of sp³-hybridized carbons (Fsp3) is 0.364. The van der Waals surface area contributed by atoms with Crippen LogP contribution in [0.3, 0.4) is 0 Å². The molecule has 0 bridgehead atoms. The number of hydrogen-bond donors (Lipinski definition) is 1. The van der Waals surface area contributed by atoms with E-state index in [1.165, 1.54) is 0 Å². The molecule has 2 aromatic rings. The van der Waals surface area contributed by atoms with Gasteiger partial charge in [0.25, 0.3) is 5.91 Å². The second-order valence-corrected chi connectivity index (χ2v) is 7.94. The number of hydrogen-bond acceptors (Lipinski definition) is 3. The molecule has 0 fully saturated rings. The first-order valence-electron chi connectivity index (χ1n) is 9.61. The van der Waals surface area contributed by atoms with Crippen LogP contribution in [0.2, 0.25) is 5.02 Å². The van der Waals surface area contributed by atoms with E-state index in [9.17, 15) is 9.59 Å². The van der Waals surface area contributed by atoms with Crippen LogP contribution in [0.15, 0.2) is 53.0 Å². The van der Waals surface area contributed by atoms with E-state index in [0.29, 0.717) is 34.8 Å². The van der Waals surface area contributed by atoms with Crippen LogP contribution in [0.5, 0.6) is 5.75 Å². The van der Waals surface area contributed by atoms with E-state index >= 15 is 0 Å². The third-order valence-corrected chi connectivity index (χ3v) is 5.30. The summed E-state index contributed by atoms with van der Waals surface area (Å²) in [4.78, 5) is 26.9. The Labute approximate surface area is 185 Å². The highest BCUT2D eigenvalue weighted by Gasteiger charge is 2.26. The molecule has 2 amide bonds. The summed E-state index contributed by atoms with van der Waals surface area (Å²) in [6.07, 6.45) is 1.49. The van der Waals surface area contributed by atoms with Crippen molar-refractivity contribution in [2.75, 3.05) is 19.7 Å². The largest absolute Gasteiger partial charge is 0.483 e. The highest BCUT2D eigenvalue weighted by atomic mass is 79.9. The number of amides is 2. The molecular formula is C22H26BrClN2O3. The van der Waals surface area contributed by atoms with Crippen LogP contribution in [-0.2, 0) is 16.0 Å². The zero-order chi connectivity index (χ0) is 21.2. The normalized spacial score (nSPS) is 11.6. The average molecular weight is 482 g/mol. The molecule has 0 aromatic heterocycles. The van der Waals surface area contributed by atoms with Gasteiger partial charge < -0.3 is 15.0 Å². The van der Waals surface area contributed by atoms with E-state index in [4.69, 9.17) is 16.3 Å². The summed E-state index contributed by atoms with van der Waals surface area (Å²) in [5, 5.41) is 3.43. The molecule has 0 spiro atoms. The number of halogens is 2. The van der Waals surface area contributed by atoms with E-state index in [2.05, 4.69) is 21.2 Å². The number of nitrogens with zero attached hydrogens (tertiary/aromatic N) is 1. The van der Waals surface area contributed by atoms with Crippen molar-refractivity contribution >= 4 is 39.3 Å². The Morgan fingerprint density at radius 2 is 1.93 bits per heavy atom. The minimum absolute atomic E-state index is 0.166. The number of ether oxygens (including phenoxy) is 1. The Hall–Kier alpha value is -2.05. The Bertz CT molecular complexity index is 817. The summed E-state index contributed by atoms with van der Waals surface area (Å²) in [7, 11) is 0. The van der Waals surface area contributed by atoms with E-state index in [1.54, 1.807) is 30.0 Å². The second kappa shape index (κ2) is 11.8. The molecule has 0 aliphatic carbocycles. The third-order valence-electron chi connectivity index (χ3n) is 4.45. The minimum atomic E-state index is -0.588. The van der Waals surface area contributed by atoms with Crippen molar-refractivity contribution in [1.29, 1.82) is 0 Å². The van der Waals surface area contributed by atoms with Gasteiger partial charge in [-0.1, -0.05) is 48.9 Å². The summed E-state index contributed by atoms with van der Waals surface area (Å²) in [6, 6.07) is 14.4. The Morgan fingerprint density at radius 1 is 1.21 bits per heavy atom. The van der Waals surface area contributed by atoms with Crippen LogP contribution in [-0.4, -0.2) is 42.5 Å². The zero-order valence-electron chi connectivity index (χ0n) is 16.7. The monoisotopic (exact) mass is 480 g/mol. The topological polar surface area (TPSA) is 58.6 Å². The number of rotatable bonds is 10. The maximum absolute atomic E-state index is 12.9. The zero-order valence-corrected chi connectivity index (χ0v) is 19.0. The number of nitrogens with one attached hydrogen (secondary N) is 1. The van der Waals surface area contributed by atoms with Gasteiger partial charge in [-0.3, -0.25) is 9.59 Å². The van der Waals surface area contributed by atoms with Crippen LogP contribution < -0.4 is 10.1 Å². The molecule has 7 heteroatoms. The lowest BCUT2D eigenvalue weighted by molar-refractivity contribution is -0.141. The first-order chi connectivity index (χ1) is 13.9. The average Bonchev–Trinajstić information content (AvgIpc) is 2.72. The lowest BCUT2D eigenvalue weighted by atomic mass is 10.1. The van der Waals surface area contributed by atoms with Gasteiger partial charge in [-0.2, -0.15) is 0 Å². The molecule has 0 aliphatic rings. The Kier molecular flexibility index (Phi) is 9.48. The fourth-order valence-electron chi connectivity index (χ4n) is 2.78. The van der Waals surface area contributed by atoms with Crippen molar-refractivity contribution in [1.82, 2.24) is 10.2 Å². The van der Waals surface area contributed by atoms with Crippen molar-refractivity contribution < 1.29 is 14.3 Å². The summed E-state index contributed by atoms with van der Waals surface area (Å²) < 4.78 is 6.34. The predicted molar refractivity (Wildman–Crippen MR) is 119 cm³/mol. The molecule has 1 N–H and O–H groups in total. The maximum Gasteiger partial charge on any atom is 0.261 e. The van der Waals surface area contributed by atoms with Gasteiger partial charge in [0.1, 0.15) is 11.8 Å². The molecule has 0 radical (unpaired) electrons. The lowest BCUT2D eigenvalue weighted by Crippen LogP contribution is -2.50. The molecule has 1 atom stereocenters. The van der Waals surface area contributed by atoms with Gasteiger partial charge in [0.05, 0.1) is 4.47 Å². The van der Waals surface area contributed by atoms with Gasteiger partial charge in [-0.15, -0.1) is 0 Å². The van der Waals surface area contributed by atoms with Gasteiger partial charge in [-0.25, -0.2) is 0 Å². The van der Waals surface area contributed by atoms with E-state index in [-0.39, 0.29) is 18.4 Å². The molecule has 29 heavy (non-hydrogen) atoms. The smallest absolute Gasteiger partial charge is 0.261 e. The molecule has 156 valence electrons. The summed E-state index contributed by atoms with van der Waals surface area (Å²) in [5.41, 5.74) is 1.10.